The minimum Gasteiger partial charge on any atom is -0.278 e. The number of nitrogens with zero attached hydrogens (tertiary/aromatic N) is 1. The van der Waals surface area contributed by atoms with Crippen LogP contribution in [0, 0.1) is 0 Å². The second-order valence-corrected chi connectivity index (χ2v) is 4.85. The van der Waals surface area contributed by atoms with Crippen molar-refractivity contribution in [2.75, 3.05) is 14.1 Å². The van der Waals surface area contributed by atoms with Crippen LogP contribution in [0.5, 0.6) is 0 Å². The Kier molecular flexibility index (Phi) is 3.73. The average molecular weight is 153 g/mol. The SMILES string of the molecule is CN(C)C=S(=S)=S. The van der Waals surface area contributed by atoms with Gasteiger partial charge in [0.25, 0.3) is 0 Å². The Bertz CT molecular complexity index is 145. The first-order valence-corrected chi connectivity index (χ1v) is 4.86. The summed E-state index contributed by atoms with van der Waals surface area (Å²) in [5.41, 5.74) is 1.82. The van der Waals surface area contributed by atoms with Crippen LogP contribution in [0.25, 0.3) is 0 Å². The van der Waals surface area contributed by atoms with Crippen LogP contribution >= 0.6 is 0 Å². The van der Waals surface area contributed by atoms with E-state index in [9.17, 15) is 0 Å². The molecule has 42 valence electrons. The molecule has 0 aromatic heterocycles. The first kappa shape index (κ1) is 7.49. The van der Waals surface area contributed by atoms with Crippen LogP contribution in [0.1, 0.15) is 0 Å². The van der Waals surface area contributed by atoms with Crippen molar-refractivity contribution in [3.63, 3.8) is 0 Å². The zero-order valence-corrected chi connectivity index (χ0v) is 6.70. The molecular weight excluding hydrogens is 146 g/mol. The van der Waals surface area contributed by atoms with Gasteiger partial charge in [0.1, 0.15) is 0 Å². The van der Waals surface area contributed by atoms with E-state index in [4.69, 9.17) is 22.4 Å². The Morgan fingerprint density at radius 1 is 1.43 bits per heavy atom. The van der Waals surface area contributed by atoms with Crippen molar-refractivity contribution in [3.8, 4) is 0 Å². The lowest BCUT2D eigenvalue weighted by atomic mass is 11.0. The highest BCUT2D eigenvalue weighted by molar-refractivity contribution is 8.45. The fraction of sp³-hybridized carbons (Fsp3) is 0.667. The summed E-state index contributed by atoms with van der Waals surface area (Å²) in [6.07, 6.45) is 0. The van der Waals surface area contributed by atoms with Crippen molar-refractivity contribution in [2.45, 2.75) is 0 Å². The van der Waals surface area contributed by atoms with Crippen LogP contribution < -0.4 is 0 Å². The molecule has 0 aromatic rings. The Morgan fingerprint density at radius 3 is 1.86 bits per heavy atom. The second-order valence-electron chi connectivity index (χ2n) is 1.33. The van der Waals surface area contributed by atoms with Crippen LogP contribution in [0.2, 0.25) is 0 Å². The molecule has 0 saturated heterocycles. The molecule has 0 bridgehead atoms. The highest BCUT2D eigenvalue weighted by Gasteiger charge is 1.71. The Hall–Kier alpha value is 0.490. The largest absolute Gasteiger partial charge is 0.278 e. The minimum atomic E-state index is -0.378. The topological polar surface area (TPSA) is 3.24 Å². The lowest BCUT2D eigenvalue weighted by Crippen LogP contribution is -2.07. The third-order valence-electron chi connectivity index (χ3n) is 0.297. The van der Waals surface area contributed by atoms with E-state index < -0.39 is 0 Å². The molecule has 0 rings (SSSR count). The number of hydrogen-bond acceptors (Lipinski definition) is 2. The molecule has 0 atom stereocenters. The number of hydrogen-bond donors (Lipinski definition) is 0. The van der Waals surface area contributed by atoms with Crippen LogP contribution in [-0.4, -0.2) is 24.5 Å². The summed E-state index contributed by atoms with van der Waals surface area (Å²) in [4.78, 5) is 1.88. The molecule has 4 heteroatoms. The van der Waals surface area contributed by atoms with E-state index in [1.807, 2.05) is 24.5 Å². The van der Waals surface area contributed by atoms with Gasteiger partial charge in [0, 0.05) is 5.49 Å². The maximum absolute atomic E-state index is 4.70. The molecule has 0 aliphatic rings. The lowest BCUT2D eigenvalue weighted by molar-refractivity contribution is 0.654. The van der Waals surface area contributed by atoms with Crippen molar-refractivity contribution < 1.29 is 0 Å². The molecule has 0 saturated carbocycles. The lowest BCUT2D eigenvalue weighted by Gasteiger charge is -1.93. The maximum atomic E-state index is 4.70. The second kappa shape index (κ2) is 3.49. The van der Waals surface area contributed by atoms with Crippen LogP contribution in [0.15, 0.2) is 0 Å². The molecule has 0 fully saturated rings. The Morgan fingerprint density at radius 2 is 1.86 bits per heavy atom. The Labute approximate surface area is 54.7 Å². The van der Waals surface area contributed by atoms with Gasteiger partial charge in [-0.2, -0.15) is 0 Å². The van der Waals surface area contributed by atoms with Gasteiger partial charge in [-0.3, -0.25) is 4.90 Å². The molecule has 7 heavy (non-hydrogen) atoms. The third-order valence-corrected chi connectivity index (χ3v) is 1.41. The molecule has 0 aromatic carbocycles. The predicted molar refractivity (Wildman–Crippen MR) is 41.8 cm³/mol. The molecule has 0 aliphatic heterocycles. The summed E-state index contributed by atoms with van der Waals surface area (Å²) in [7, 11) is 3.45. The number of rotatable bonds is 1. The van der Waals surface area contributed by atoms with E-state index in [1.165, 1.54) is 0 Å². The molecule has 0 spiro atoms. The van der Waals surface area contributed by atoms with E-state index in [0.717, 1.165) is 0 Å². The summed E-state index contributed by atoms with van der Waals surface area (Å²) in [6.45, 7) is 0. The third kappa shape index (κ3) is 6.49. The van der Waals surface area contributed by atoms with E-state index in [1.54, 1.807) is 0 Å². The fourth-order valence-electron chi connectivity index (χ4n) is 0.172. The average Bonchev–Trinajstić information content (AvgIpc) is 1.27. The molecule has 1 nitrogen and oxygen atoms in total. The zero-order valence-electron chi connectivity index (χ0n) is 4.25. The van der Waals surface area contributed by atoms with E-state index in [0.29, 0.717) is 0 Å². The quantitative estimate of drug-likeness (QED) is 0.482. The van der Waals surface area contributed by atoms with Crippen molar-refractivity contribution in [2.24, 2.45) is 0 Å². The molecule has 0 radical (unpaired) electrons. The van der Waals surface area contributed by atoms with E-state index in [2.05, 4.69) is 0 Å². The molecule has 0 unspecified atom stereocenters. The van der Waals surface area contributed by atoms with Gasteiger partial charge in [-0.15, -0.1) is 0 Å². The highest BCUT2D eigenvalue weighted by atomic mass is 33.1. The summed E-state index contributed by atoms with van der Waals surface area (Å²) in [5.74, 6) is 0. The van der Waals surface area contributed by atoms with Gasteiger partial charge in [0.05, 0.1) is 0 Å². The zero-order chi connectivity index (χ0) is 5.86. The molecule has 0 heterocycles. The standard InChI is InChI=1S/C3H7NS3/c1-4(2)3-7(5)6/h3H,1-2H3. The van der Waals surface area contributed by atoms with Gasteiger partial charge >= 0.3 is 0 Å². The van der Waals surface area contributed by atoms with Crippen molar-refractivity contribution >= 4 is 35.5 Å². The van der Waals surface area contributed by atoms with Crippen molar-refractivity contribution in [3.05, 3.63) is 0 Å². The van der Waals surface area contributed by atoms with Gasteiger partial charge in [0.15, 0.2) is 0 Å². The van der Waals surface area contributed by atoms with Gasteiger partial charge in [-0.25, -0.2) is 0 Å². The van der Waals surface area contributed by atoms with Crippen molar-refractivity contribution in [1.29, 1.82) is 0 Å². The van der Waals surface area contributed by atoms with Gasteiger partial charge in [0.2, 0.25) is 0 Å². The van der Waals surface area contributed by atoms with Gasteiger partial charge in [-0.1, -0.05) is 7.60 Å². The van der Waals surface area contributed by atoms with E-state index >= 15 is 0 Å². The monoisotopic (exact) mass is 153 g/mol. The minimum absolute atomic E-state index is 0.378. The van der Waals surface area contributed by atoms with Crippen molar-refractivity contribution in [1.82, 2.24) is 4.90 Å². The summed E-state index contributed by atoms with van der Waals surface area (Å²) < 4.78 is 0. The molecule has 0 aliphatic carbocycles. The van der Waals surface area contributed by atoms with Gasteiger partial charge in [-0.05, 0) is 36.5 Å². The van der Waals surface area contributed by atoms with Crippen LogP contribution in [0.4, 0.5) is 0 Å². The first-order chi connectivity index (χ1) is 3.13. The highest BCUT2D eigenvalue weighted by Crippen LogP contribution is 1.57. The molecule has 0 amide bonds. The van der Waals surface area contributed by atoms with Gasteiger partial charge < -0.3 is 0 Å². The fourth-order valence-corrected chi connectivity index (χ4v) is 1.55. The summed E-state index contributed by atoms with van der Waals surface area (Å²) in [5, 5.41) is 0. The summed E-state index contributed by atoms with van der Waals surface area (Å²) >= 11 is 9.40. The first-order valence-electron chi connectivity index (χ1n) is 1.72. The normalized spacial score (nSPS) is 9.00. The van der Waals surface area contributed by atoms with E-state index in [-0.39, 0.29) is 7.60 Å². The molecule has 0 N–H and O–H groups in total. The summed E-state index contributed by atoms with van der Waals surface area (Å²) in [6, 6.07) is 0. The smallest absolute Gasteiger partial charge is 0.0456 e. The molecular formula is C3H7NS3. The Balaban J connectivity index is 3.96. The predicted octanol–water partition coefficient (Wildman–Crippen LogP) is -0.150. The van der Waals surface area contributed by atoms with Crippen LogP contribution in [0.3, 0.4) is 0 Å². The van der Waals surface area contributed by atoms with Crippen LogP contribution in [-0.2, 0) is 30.0 Å². The maximum Gasteiger partial charge on any atom is 0.0456 e.